The van der Waals surface area contributed by atoms with Crippen molar-refractivity contribution in [2.45, 2.75) is 13.3 Å². The van der Waals surface area contributed by atoms with E-state index in [1.165, 1.54) is 25.1 Å². The van der Waals surface area contributed by atoms with Gasteiger partial charge >= 0.3 is 0 Å². The van der Waals surface area contributed by atoms with Crippen LogP contribution in [0.15, 0.2) is 30.3 Å². The van der Waals surface area contributed by atoms with E-state index in [-0.39, 0.29) is 12.0 Å². The molecule has 0 heterocycles. The van der Waals surface area contributed by atoms with Crippen molar-refractivity contribution >= 4 is 0 Å². The van der Waals surface area contributed by atoms with Gasteiger partial charge in [0.05, 0.1) is 0 Å². The summed E-state index contributed by atoms with van der Waals surface area (Å²) in [5.74, 6) is -3.24. The Morgan fingerprint density at radius 2 is 1.33 bits per heavy atom. The largest absolute Gasteiger partial charge is 0.207 e. The Morgan fingerprint density at radius 1 is 0.778 bits per heavy atom. The molecule has 0 N–H and O–H groups in total. The van der Waals surface area contributed by atoms with Gasteiger partial charge in [0.15, 0.2) is 11.6 Å². The third-order valence-electron chi connectivity index (χ3n) is 2.60. The minimum atomic E-state index is -0.957. The third-order valence-corrected chi connectivity index (χ3v) is 2.60. The summed E-state index contributed by atoms with van der Waals surface area (Å²) in [6.07, 6.45) is 0.146. The van der Waals surface area contributed by atoms with Gasteiger partial charge in [0.1, 0.15) is 11.6 Å². The maximum atomic E-state index is 13.2. The number of benzene rings is 2. The molecular formula is C14H10F4. The molecule has 4 heteroatoms. The Hall–Kier alpha value is -1.84. The summed E-state index contributed by atoms with van der Waals surface area (Å²) in [7, 11) is 0. The van der Waals surface area contributed by atoms with E-state index in [0.29, 0.717) is 11.1 Å². The molecule has 0 aliphatic heterocycles. The van der Waals surface area contributed by atoms with Gasteiger partial charge in [-0.25, -0.2) is 17.6 Å². The molecule has 2 aromatic rings. The van der Waals surface area contributed by atoms with Gasteiger partial charge in [-0.2, -0.15) is 0 Å². The number of halogens is 4. The van der Waals surface area contributed by atoms with Crippen LogP contribution >= 0.6 is 0 Å². The lowest BCUT2D eigenvalue weighted by Gasteiger charge is -2.06. The fourth-order valence-corrected chi connectivity index (χ4v) is 1.85. The van der Waals surface area contributed by atoms with Crippen LogP contribution in [0.5, 0.6) is 0 Å². The van der Waals surface area contributed by atoms with Gasteiger partial charge in [-0.3, -0.25) is 0 Å². The highest BCUT2D eigenvalue weighted by molar-refractivity contribution is 5.31. The van der Waals surface area contributed by atoms with Crippen molar-refractivity contribution in [1.82, 2.24) is 0 Å². The molecule has 0 fully saturated rings. The van der Waals surface area contributed by atoms with Crippen LogP contribution in [0.4, 0.5) is 17.6 Å². The molecule has 0 amide bonds. The summed E-state index contributed by atoms with van der Waals surface area (Å²) < 4.78 is 52.2. The van der Waals surface area contributed by atoms with E-state index in [4.69, 9.17) is 0 Å². The molecule has 2 rings (SSSR count). The predicted octanol–water partition coefficient (Wildman–Crippen LogP) is 4.14. The van der Waals surface area contributed by atoms with Gasteiger partial charge < -0.3 is 0 Å². The Kier molecular flexibility index (Phi) is 3.36. The minimum absolute atomic E-state index is 0.146. The fraction of sp³-hybridized carbons (Fsp3) is 0.143. The Bertz CT molecular complexity index is 547. The molecule has 0 aromatic heterocycles. The molecule has 0 bridgehead atoms. The number of aryl methyl sites for hydroxylation is 1. The first-order valence-electron chi connectivity index (χ1n) is 5.35. The van der Waals surface area contributed by atoms with Gasteiger partial charge in [0.2, 0.25) is 0 Å². The summed E-state index contributed by atoms with van der Waals surface area (Å²) in [6.45, 7) is 1.44. The van der Waals surface area contributed by atoms with Gasteiger partial charge in [-0.1, -0.05) is 6.07 Å². The maximum absolute atomic E-state index is 13.2. The molecule has 2 aromatic carbocycles. The van der Waals surface area contributed by atoms with Crippen LogP contribution in [-0.4, -0.2) is 0 Å². The molecule has 0 atom stereocenters. The highest BCUT2D eigenvalue weighted by atomic mass is 19.2. The summed E-state index contributed by atoms with van der Waals surface area (Å²) in [6, 6.07) is 5.59. The number of rotatable bonds is 2. The van der Waals surface area contributed by atoms with Crippen molar-refractivity contribution in [2.24, 2.45) is 0 Å². The van der Waals surface area contributed by atoms with E-state index in [9.17, 15) is 17.6 Å². The van der Waals surface area contributed by atoms with Crippen LogP contribution in [0, 0.1) is 30.2 Å². The zero-order chi connectivity index (χ0) is 13.3. The molecule has 0 radical (unpaired) electrons. The molecule has 0 aliphatic rings. The van der Waals surface area contributed by atoms with E-state index in [1.807, 2.05) is 0 Å². The van der Waals surface area contributed by atoms with E-state index < -0.39 is 23.3 Å². The number of hydrogen-bond donors (Lipinski definition) is 0. The van der Waals surface area contributed by atoms with Crippen molar-refractivity contribution < 1.29 is 17.6 Å². The van der Waals surface area contributed by atoms with E-state index in [2.05, 4.69) is 0 Å². The van der Waals surface area contributed by atoms with Crippen molar-refractivity contribution in [3.05, 3.63) is 70.3 Å². The molecule has 0 spiro atoms. The van der Waals surface area contributed by atoms with Crippen LogP contribution in [0.1, 0.15) is 16.7 Å². The topological polar surface area (TPSA) is 0 Å². The molecule has 94 valence electrons. The lowest BCUT2D eigenvalue weighted by molar-refractivity contribution is 0.502. The van der Waals surface area contributed by atoms with E-state index in [0.717, 1.165) is 12.1 Å². The zero-order valence-electron chi connectivity index (χ0n) is 9.61. The molecule has 0 aliphatic carbocycles. The second-order valence-corrected chi connectivity index (χ2v) is 4.16. The van der Waals surface area contributed by atoms with Gasteiger partial charge in [-0.15, -0.1) is 0 Å². The first-order valence-corrected chi connectivity index (χ1v) is 5.35. The van der Waals surface area contributed by atoms with Crippen LogP contribution < -0.4 is 0 Å². The smallest absolute Gasteiger partial charge is 0.161 e. The lowest BCUT2D eigenvalue weighted by Crippen LogP contribution is -1.96. The highest BCUT2D eigenvalue weighted by Gasteiger charge is 2.09. The summed E-state index contributed by atoms with van der Waals surface area (Å²) in [5, 5.41) is 0. The predicted molar refractivity (Wildman–Crippen MR) is 60.3 cm³/mol. The maximum Gasteiger partial charge on any atom is 0.161 e. The summed E-state index contributed by atoms with van der Waals surface area (Å²) >= 11 is 0. The quantitative estimate of drug-likeness (QED) is 0.706. The molecule has 0 saturated heterocycles. The van der Waals surface area contributed by atoms with Gasteiger partial charge in [-0.05, 0) is 48.2 Å². The summed E-state index contributed by atoms with van der Waals surface area (Å²) in [5.41, 5.74) is 1.01. The SMILES string of the molecule is Cc1cc(Cc2cc(F)cc(F)c2)cc(F)c1F. The van der Waals surface area contributed by atoms with Crippen molar-refractivity contribution in [3.8, 4) is 0 Å². The molecule has 0 unspecified atom stereocenters. The minimum Gasteiger partial charge on any atom is -0.207 e. The van der Waals surface area contributed by atoms with Crippen LogP contribution in [-0.2, 0) is 6.42 Å². The fourth-order valence-electron chi connectivity index (χ4n) is 1.85. The standard InChI is InChI=1S/C14H10F4/c1-8-2-9(6-13(17)14(8)18)3-10-4-11(15)7-12(16)5-10/h2,4-7H,3H2,1H3. The van der Waals surface area contributed by atoms with E-state index in [1.54, 1.807) is 0 Å². The molecular weight excluding hydrogens is 244 g/mol. The zero-order valence-corrected chi connectivity index (χ0v) is 9.61. The van der Waals surface area contributed by atoms with Crippen molar-refractivity contribution in [3.63, 3.8) is 0 Å². The van der Waals surface area contributed by atoms with Crippen LogP contribution in [0.25, 0.3) is 0 Å². The highest BCUT2D eigenvalue weighted by Crippen LogP contribution is 2.18. The normalized spacial score (nSPS) is 10.7. The second-order valence-electron chi connectivity index (χ2n) is 4.16. The third kappa shape index (κ3) is 2.70. The van der Waals surface area contributed by atoms with Gasteiger partial charge in [0.25, 0.3) is 0 Å². The molecule has 0 nitrogen and oxygen atoms in total. The Balaban J connectivity index is 2.34. The monoisotopic (exact) mass is 254 g/mol. The van der Waals surface area contributed by atoms with Crippen molar-refractivity contribution in [1.29, 1.82) is 0 Å². The lowest BCUT2D eigenvalue weighted by atomic mass is 10.0. The van der Waals surface area contributed by atoms with Crippen molar-refractivity contribution in [2.75, 3.05) is 0 Å². The summed E-state index contributed by atoms with van der Waals surface area (Å²) in [4.78, 5) is 0. The van der Waals surface area contributed by atoms with Crippen LogP contribution in [0.2, 0.25) is 0 Å². The van der Waals surface area contributed by atoms with Gasteiger partial charge in [0, 0.05) is 6.07 Å². The van der Waals surface area contributed by atoms with Crippen LogP contribution in [0.3, 0.4) is 0 Å². The first-order chi connectivity index (χ1) is 8.45. The van der Waals surface area contributed by atoms with E-state index >= 15 is 0 Å². The average Bonchev–Trinajstić information content (AvgIpc) is 2.24. The second kappa shape index (κ2) is 4.80. The first kappa shape index (κ1) is 12.6. The molecule has 0 saturated carbocycles. The average molecular weight is 254 g/mol. The Labute approximate surface area is 102 Å². The molecule has 18 heavy (non-hydrogen) atoms. The Morgan fingerprint density at radius 3 is 1.89 bits per heavy atom. The number of hydrogen-bond acceptors (Lipinski definition) is 0.